The number of rotatable bonds is 4. The van der Waals surface area contributed by atoms with E-state index in [0.717, 1.165) is 22.5 Å². The number of amides is 1. The summed E-state index contributed by atoms with van der Waals surface area (Å²) in [5, 5.41) is 5.25. The first-order valence-corrected chi connectivity index (χ1v) is 9.79. The lowest BCUT2D eigenvalue weighted by atomic mass is 10.1. The fourth-order valence-electron chi connectivity index (χ4n) is 3.35. The van der Waals surface area contributed by atoms with Crippen LogP contribution in [-0.2, 0) is 4.74 Å². The van der Waals surface area contributed by atoms with E-state index in [1.54, 1.807) is 22.8 Å². The Morgan fingerprint density at radius 1 is 1.14 bits per heavy atom. The monoisotopic (exact) mass is 408 g/mol. The Labute approximate surface area is 174 Å². The lowest BCUT2D eigenvalue weighted by Crippen LogP contribution is -2.40. The van der Waals surface area contributed by atoms with Gasteiger partial charge < -0.3 is 9.64 Å². The van der Waals surface area contributed by atoms with Crippen molar-refractivity contribution in [2.24, 2.45) is 4.99 Å². The second-order valence-electron chi connectivity index (χ2n) is 6.72. The molecule has 1 aliphatic rings. The zero-order valence-corrected chi connectivity index (χ0v) is 16.8. The van der Waals surface area contributed by atoms with Gasteiger partial charge in [-0.2, -0.15) is 5.10 Å². The van der Waals surface area contributed by atoms with E-state index in [9.17, 15) is 4.79 Å². The molecule has 1 saturated heterocycles. The van der Waals surface area contributed by atoms with Crippen molar-refractivity contribution in [3.8, 4) is 16.9 Å². The fraction of sp³-hybridized carbons (Fsp3) is 0.227. The van der Waals surface area contributed by atoms with Gasteiger partial charge in [-0.25, -0.2) is 4.68 Å². The molecule has 148 valence electrons. The number of carbonyl (C=O) groups is 1. The molecule has 0 saturated carbocycles. The summed E-state index contributed by atoms with van der Waals surface area (Å²) in [5.41, 5.74) is 3.93. The molecular weight excluding hydrogens is 388 g/mol. The smallest absolute Gasteiger partial charge is 0.274 e. The molecule has 0 bridgehead atoms. The van der Waals surface area contributed by atoms with Crippen molar-refractivity contribution in [3.05, 3.63) is 70.9 Å². The highest BCUT2D eigenvalue weighted by molar-refractivity contribution is 6.30. The summed E-state index contributed by atoms with van der Waals surface area (Å²) < 4.78 is 7.12. The van der Waals surface area contributed by atoms with Crippen molar-refractivity contribution < 1.29 is 9.53 Å². The normalized spacial score (nSPS) is 14.5. The molecule has 1 fully saturated rings. The Bertz CT molecular complexity index is 1050. The Kier molecular flexibility index (Phi) is 5.74. The minimum atomic E-state index is -0.0957. The molecule has 0 spiro atoms. The van der Waals surface area contributed by atoms with Crippen LogP contribution in [0.3, 0.4) is 0 Å². The van der Waals surface area contributed by atoms with Crippen LogP contribution in [0.2, 0.25) is 5.02 Å². The zero-order chi connectivity index (χ0) is 20.2. The van der Waals surface area contributed by atoms with Crippen LogP contribution in [0, 0.1) is 0 Å². The Morgan fingerprint density at radius 2 is 1.93 bits per heavy atom. The maximum atomic E-state index is 13.0. The number of aliphatic imine (C=N–C) groups is 1. The number of halogens is 1. The van der Waals surface area contributed by atoms with E-state index >= 15 is 0 Å². The summed E-state index contributed by atoms with van der Waals surface area (Å²) in [5.74, 6) is -0.0957. The van der Waals surface area contributed by atoms with E-state index in [1.165, 1.54) is 0 Å². The number of morpholine rings is 1. The predicted octanol–water partition coefficient (Wildman–Crippen LogP) is 3.71. The zero-order valence-electron chi connectivity index (χ0n) is 16.1. The molecule has 7 heteroatoms. The fourth-order valence-corrected chi connectivity index (χ4v) is 3.54. The SMILES string of the molecule is CN=Cc1cccc(-c2cc(C(=O)N3CCOCC3)nn2-c2cccc(Cl)c2)c1. The van der Waals surface area contributed by atoms with E-state index < -0.39 is 0 Å². The van der Waals surface area contributed by atoms with Crippen LogP contribution in [0.5, 0.6) is 0 Å². The molecule has 0 radical (unpaired) electrons. The topological polar surface area (TPSA) is 59.7 Å². The lowest BCUT2D eigenvalue weighted by molar-refractivity contribution is 0.0298. The number of aromatic nitrogens is 2. The first-order chi connectivity index (χ1) is 14.2. The van der Waals surface area contributed by atoms with Crippen molar-refractivity contribution in [1.29, 1.82) is 0 Å². The lowest BCUT2D eigenvalue weighted by Gasteiger charge is -2.25. The third kappa shape index (κ3) is 4.23. The molecule has 1 aliphatic heterocycles. The second-order valence-corrected chi connectivity index (χ2v) is 7.16. The van der Waals surface area contributed by atoms with Gasteiger partial charge in [0.05, 0.1) is 24.6 Å². The van der Waals surface area contributed by atoms with Crippen LogP contribution in [0.25, 0.3) is 16.9 Å². The molecule has 0 aliphatic carbocycles. The summed E-state index contributed by atoms with van der Waals surface area (Å²) in [6, 6.07) is 17.2. The van der Waals surface area contributed by atoms with Gasteiger partial charge >= 0.3 is 0 Å². The molecular formula is C22H21ClN4O2. The molecule has 1 aromatic heterocycles. The molecule has 6 nitrogen and oxygen atoms in total. The summed E-state index contributed by atoms with van der Waals surface area (Å²) in [6.45, 7) is 2.24. The van der Waals surface area contributed by atoms with Crippen molar-refractivity contribution in [2.45, 2.75) is 0 Å². The molecule has 2 heterocycles. The molecule has 2 aromatic carbocycles. The van der Waals surface area contributed by atoms with Gasteiger partial charge in [0.15, 0.2) is 5.69 Å². The number of hydrogen-bond acceptors (Lipinski definition) is 4. The first kappa shape index (κ1) is 19.4. The van der Waals surface area contributed by atoms with Gasteiger partial charge in [0.25, 0.3) is 5.91 Å². The third-order valence-electron chi connectivity index (χ3n) is 4.74. The van der Waals surface area contributed by atoms with Crippen LogP contribution in [0.1, 0.15) is 16.1 Å². The standard InChI is InChI=1S/C22H21ClN4O2/c1-24-15-16-4-2-5-17(12-16)21-14-20(22(28)26-8-10-29-11-9-26)25-27(21)19-7-3-6-18(23)13-19/h2-7,12-15H,8-11H2,1H3. The molecule has 0 unspecified atom stereocenters. The van der Waals surface area contributed by atoms with E-state index in [4.69, 9.17) is 16.3 Å². The Balaban J connectivity index is 1.81. The number of nitrogens with zero attached hydrogens (tertiary/aromatic N) is 4. The molecule has 29 heavy (non-hydrogen) atoms. The minimum absolute atomic E-state index is 0.0957. The van der Waals surface area contributed by atoms with Crippen molar-refractivity contribution >= 4 is 23.7 Å². The van der Waals surface area contributed by atoms with Crippen LogP contribution in [0.15, 0.2) is 59.6 Å². The maximum absolute atomic E-state index is 13.0. The van der Waals surface area contributed by atoms with Crippen LogP contribution < -0.4 is 0 Å². The Hall–Kier alpha value is -2.96. The highest BCUT2D eigenvalue weighted by Crippen LogP contribution is 2.26. The van der Waals surface area contributed by atoms with Gasteiger partial charge in [0.2, 0.25) is 0 Å². The quantitative estimate of drug-likeness (QED) is 0.618. The molecule has 0 atom stereocenters. The van der Waals surface area contributed by atoms with Crippen LogP contribution in [-0.4, -0.2) is 60.2 Å². The van der Waals surface area contributed by atoms with Gasteiger partial charge in [-0.15, -0.1) is 0 Å². The summed E-state index contributed by atoms with van der Waals surface area (Å²) in [7, 11) is 1.74. The van der Waals surface area contributed by atoms with Gasteiger partial charge in [-0.05, 0) is 35.9 Å². The van der Waals surface area contributed by atoms with Gasteiger partial charge in [-0.3, -0.25) is 9.79 Å². The second kappa shape index (κ2) is 8.59. The number of hydrogen-bond donors (Lipinski definition) is 0. The highest BCUT2D eigenvalue weighted by atomic mass is 35.5. The van der Waals surface area contributed by atoms with Crippen molar-refractivity contribution in [2.75, 3.05) is 33.4 Å². The van der Waals surface area contributed by atoms with E-state index in [1.807, 2.05) is 54.6 Å². The molecule has 1 amide bonds. The van der Waals surface area contributed by atoms with Crippen molar-refractivity contribution in [1.82, 2.24) is 14.7 Å². The van der Waals surface area contributed by atoms with Crippen LogP contribution in [0.4, 0.5) is 0 Å². The average molecular weight is 409 g/mol. The van der Waals surface area contributed by atoms with Crippen molar-refractivity contribution in [3.63, 3.8) is 0 Å². The number of carbonyl (C=O) groups excluding carboxylic acids is 1. The summed E-state index contributed by atoms with van der Waals surface area (Å²) in [4.78, 5) is 18.9. The number of ether oxygens (including phenoxy) is 1. The third-order valence-corrected chi connectivity index (χ3v) is 4.98. The van der Waals surface area contributed by atoms with Gasteiger partial charge in [0.1, 0.15) is 0 Å². The largest absolute Gasteiger partial charge is 0.378 e. The average Bonchev–Trinajstić information content (AvgIpc) is 3.20. The predicted molar refractivity (Wildman–Crippen MR) is 114 cm³/mol. The minimum Gasteiger partial charge on any atom is -0.378 e. The van der Waals surface area contributed by atoms with Gasteiger partial charge in [-0.1, -0.05) is 35.9 Å². The van der Waals surface area contributed by atoms with E-state index in [-0.39, 0.29) is 5.91 Å². The molecule has 0 N–H and O–H groups in total. The highest BCUT2D eigenvalue weighted by Gasteiger charge is 2.23. The molecule has 3 aromatic rings. The first-order valence-electron chi connectivity index (χ1n) is 9.41. The van der Waals surface area contributed by atoms with E-state index in [2.05, 4.69) is 10.1 Å². The summed E-state index contributed by atoms with van der Waals surface area (Å²) in [6.07, 6.45) is 1.80. The maximum Gasteiger partial charge on any atom is 0.274 e. The molecule has 4 rings (SSSR count). The van der Waals surface area contributed by atoms with Crippen LogP contribution >= 0.6 is 11.6 Å². The number of benzene rings is 2. The summed E-state index contributed by atoms with van der Waals surface area (Å²) >= 11 is 6.20. The Morgan fingerprint density at radius 3 is 2.69 bits per heavy atom. The van der Waals surface area contributed by atoms with E-state index in [0.29, 0.717) is 37.0 Å². The van der Waals surface area contributed by atoms with Gasteiger partial charge in [0, 0.05) is 36.9 Å².